The fourth-order valence-corrected chi connectivity index (χ4v) is 3.87. The second-order valence-corrected chi connectivity index (χ2v) is 8.27. The molecule has 1 fully saturated rings. The first-order valence-corrected chi connectivity index (χ1v) is 11.3. The van der Waals surface area contributed by atoms with Gasteiger partial charge >= 0.3 is 5.97 Å². The number of piperazine rings is 1. The summed E-state index contributed by atoms with van der Waals surface area (Å²) in [6, 6.07) is 22.2. The summed E-state index contributed by atoms with van der Waals surface area (Å²) in [6.07, 6.45) is 0. The van der Waals surface area contributed by atoms with Gasteiger partial charge in [-0.25, -0.2) is 4.79 Å². The zero-order valence-corrected chi connectivity index (χ0v) is 19.5. The van der Waals surface area contributed by atoms with E-state index in [-0.39, 0.29) is 5.91 Å². The van der Waals surface area contributed by atoms with Gasteiger partial charge in [0, 0.05) is 31.7 Å². The van der Waals surface area contributed by atoms with Gasteiger partial charge in [-0.15, -0.1) is 0 Å². The molecule has 0 saturated carbocycles. The molecule has 1 heterocycles. The number of carbonyl (C=O) groups excluding carboxylic acids is 2. The van der Waals surface area contributed by atoms with Gasteiger partial charge in [-0.2, -0.15) is 0 Å². The number of nitrogens with one attached hydrogen (secondary N) is 1. The Morgan fingerprint density at radius 1 is 0.882 bits per heavy atom. The van der Waals surface area contributed by atoms with Crippen molar-refractivity contribution in [3.63, 3.8) is 0 Å². The van der Waals surface area contributed by atoms with Crippen LogP contribution in [0.4, 0.5) is 11.4 Å². The number of methoxy groups -OCH3 is 1. The Morgan fingerprint density at radius 3 is 2.38 bits per heavy atom. The van der Waals surface area contributed by atoms with Crippen molar-refractivity contribution in [1.29, 1.82) is 0 Å². The van der Waals surface area contributed by atoms with E-state index in [0.717, 1.165) is 37.4 Å². The summed E-state index contributed by atoms with van der Waals surface area (Å²) in [7, 11) is 3.43. The summed E-state index contributed by atoms with van der Waals surface area (Å²) in [4.78, 5) is 29.8. The summed E-state index contributed by atoms with van der Waals surface area (Å²) in [5.41, 5.74) is 3.36. The molecule has 176 valence electrons. The van der Waals surface area contributed by atoms with Crippen molar-refractivity contribution >= 4 is 23.3 Å². The van der Waals surface area contributed by atoms with Crippen LogP contribution in [0, 0.1) is 0 Å². The van der Waals surface area contributed by atoms with Gasteiger partial charge in [0.15, 0.2) is 0 Å². The third-order valence-corrected chi connectivity index (χ3v) is 5.85. The number of hydrogen-bond acceptors (Lipinski definition) is 6. The van der Waals surface area contributed by atoms with Crippen LogP contribution in [-0.2, 0) is 11.3 Å². The van der Waals surface area contributed by atoms with Crippen LogP contribution in [0.25, 0.3) is 0 Å². The van der Waals surface area contributed by atoms with Crippen LogP contribution in [0.3, 0.4) is 0 Å². The number of likely N-dealkylation sites (N-methyl/N-ethyl adjacent to an activating group) is 1. The maximum atomic E-state index is 13.2. The number of ether oxygens (including phenoxy) is 2. The van der Waals surface area contributed by atoms with E-state index in [9.17, 15) is 9.59 Å². The number of amides is 1. The Kier molecular flexibility index (Phi) is 7.44. The summed E-state index contributed by atoms with van der Waals surface area (Å²) in [5, 5.41) is 3.00. The molecule has 4 rings (SSSR count). The van der Waals surface area contributed by atoms with Gasteiger partial charge in [0.2, 0.25) is 0 Å². The molecule has 0 atom stereocenters. The van der Waals surface area contributed by atoms with E-state index in [2.05, 4.69) is 22.2 Å². The number of benzene rings is 3. The Bertz CT molecular complexity index is 1140. The first-order chi connectivity index (χ1) is 16.5. The zero-order chi connectivity index (χ0) is 23.9. The molecule has 1 aliphatic rings. The van der Waals surface area contributed by atoms with Crippen molar-refractivity contribution in [1.82, 2.24) is 4.90 Å². The van der Waals surface area contributed by atoms with Crippen molar-refractivity contribution < 1.29 is 19.1 Å². The van der Waals surface area contributed by atoms with Gasteiger partial charge in [0.25, 0.3) is 5.91 Å². The number of nitrogens with zero attached hydrogens (tertiary/aromatic N) is 2. The molecule has 0 radical (unpaired) electrons. The highest BCUT2D eigenvalue weighted by molar-refractivity contribution is 6.07. The molecular weight excluding hydrogens is 430 g/mol. The molecule has 0 bridgehead atoms. The number of esters is 1. The molecule has 1 aliphatic heterocycles. The molecule has 0 spiro atoms. The molecule has 3 aromatic rings. The van der Waals surface area contributed by atoms with Gasteiger partial charge in [0.05, 0.1) is 24.0 Å². The quantitative estimate of drug-likeness (QED) is 0.538. The molecule has 1 amide bonds. The third-order valence-electron chi connectivity index (χ3n) is 5.85. The minimum Gasteiger partial charge on any atom is -0.489 e. The molecular formula is C27H29N3O4. The van der Waals surface area contributed by atoms with Crippen LogP contribution in [-0.4, -0.2) is 57.1 Å². The fraction of sp³-hybridized carbons (Fsp3) is 0.259. The molecule has 7 heteroatoms. The monoisotopic (exact) mass is 459 g/mol. The highest BCUT2D eigenvalue weighted by Crippen LogP contribution is 2.29. The Morgan fingerprint density at radius 2 is 1.65 bits per heavy atom. The molecule has 3 aromatic carbocycles. The van der Waals surface area contributed by atoms with Crippen LogP contribution in [0.1, 0.15) is 26.3 Å². The van der Waals surface area contributed by atoms with E-state index < -0.39 is 5.97 Å². The minimum atomic E-state index is -0.447. The van der Waals surface area contributed by atoms with Crippen molar-refractivity contribution in [2.24, 2.45) is 0 Å². The summed E-state index contributed by atoms with van der Waals surface area (Å²) >= 11 is 0. The fourth-order valence-electron chi connectivity index (χ4n) is 3.87. The number of carbonyl (C=O) groups is 2. The van der Waals surface area contributed by atoms with Crippen molar-refractivity contribution in [3.8, 4) is 5.75 Å². The van der Waals surface area contributed by atoms with E-state index in [1.165, 1.54) is 7.11 Å². The van der Waals surface area contributed by atoms with Crippen molar-refractivity contribution in [2.45, 2.75) is 6.61 Å². The van der Waals surface area contributed by atoms with Gasteiger partial charge in [-0.05, 0) is 49.0 Å². The van der Waals surface area contributed by atoms with Crippen LogP contribution in [0.5, 0.6) is 5.75 Å². The van der Waals surface area contributed by atoms with Gasteiger partial charge in [-0.1, -0.05) is 36.4 Å². The summed E-state index contributed by atoms with van der Waals surface area (Å²) < 4.78 is 10.7. The predicted octanol–water partition coefficient (Wildman–Crippen LogP) is 4.06. The maximum absolute atomic E-state index is 13.2. The lowest BCUT2D eigenvalue weighted by atomic mass is 10.1. The molecule has 1 saturated heterocycles. The third kappa shape index (κ3) is 5.74. The van der Waals surface area contributed by atoms with E-state index in [1.807, 2.05) is 42.5 Å². The van der Waals surface area contributed by atoms with Crippen LogP contribution < -0.4 is 15.0 Å². The number of hydrogen-bond donors (Lipinski definition) is 1. The first-order valence-electron chi connectivity index (χ1n) is 11.3. The first kappa shape index (κ1) is 23.3. The van der Waals surface area contributed by atoms with E-state index in [4.69, 9.17) is 9.47 Å². The summed E-state index contributed by atoms with van der Waals surface area (Å²) in [6.45, 7) is 3.93. The average molecular weight is 460 g/mol. The lowest BCUT2D eigenvalue weighted by Crippen LogP contribution is -2.44. The lowest BCUT2D eigenvalue weighted by Gasteiger charge is -2.35. The smallest absolute Gasteiger partial charge is 0.337 e. The maximum Gasteiger partial charge on any atom is 0.337 e. The van der Waals surface area contributed by atoms with Crippen molar-refractivity contribution in [2.75, 3.05) is 50.6 Å². The number of rotatable bonds is 7. The van der Waals surface area contributed by atoms with E-state index in [0.29, 0.717) is 29.2 Å². The topological polar surface area (TPSA) is 71.1 Å². The second-order valence-electron chi connectivity index (χ2n) is 8.27. The molecule has 0 unspecified atom stereocenters. The predicted molar refractivity (Wildman–Crippen MR) is 133 cm³/mol. The van der Waals surface area contributed by atoms with E-state index >= 15 is 0 Å². The van der Waals surface area contributed by atoms with Crippen LogP contribution >= 0.6 is 0 Å². The van der Waals surface area contributed by atoms with Crippen LogP contribution in [0.15, 0.2) is 72.8 Å². The lowest BCUT2D eigenvalue weighted by molar-refractivity contribution is 0.0600. The van der Waals surface area contributed by atoms with Gasteiger partial charge in [-0.3, -0.25) is 4.79 Å². The Balaban J connectivity index is 1.53. The normalized spacial score (nSPS) is 13.9. The largest absolute Gasteiger partial charge is 0.489 e. The van der Waals surface area contributed by atoms with Crippen molar-refractivity contribution in [3.05, 3.63) is 89.5 Å². The highest BCUT2D eigenvalue weighted by Gasteiger charge is 2.20. The second kappa shape index (κ2) is 10.9. The van der Waals surface area contributed by atoms with E-state index in [1.54, 1.807) is 30.3 Å². The summed E-state index contributed by atoms with van der Waals surface area (Å²) in [5.74, 6) is -0.113. The molecule has 0 aromatic heterocycles. The zero-order valence-electron chi connectivity index (χ0n) is 19.5. The molecule has 34 heavy (non-hydrogen) atoms. The standard InChI is InChI=1S/C27H29N3O4/c1-29-13-15-30(16-14-29)25-12-11-22(27(32)33-2)18-24(25)28-26(31)21-9-6-10-23(17-21)34-19-20-7-4-3-5-8-20/h3-12,17-18H,13-16,19H2,1-2H3,(H,28,31). The molecule has 7 nitrogen and oxygen atoms in total. The van der Waals surface area contributed by atoms with Gasteiger partial charge in [0.1, 0.15) is 12.4 Å². The SMILES string of the molecule is COC(=O)c1ccc(N2CCN(C)CC2)c(NC(=O)c2cccc(OCc3ccccc3)c2)c1. The minimum absolute atomic E-state index is 0.275. The molecule has 0 aliphatic carbocycles. The molecule has 1 N–H and O–H groups in total. The highest BCUT2D eigenvalue weighted by atomic mass is 16.5. The number of anilines is 2. The Hall–Kier alpha value is -3.84. The van der Waals surface area contributed by atoms with Crippen LogP contribution in [0.2, 0.25) is 0 Å². The van der Waals surface area contributed by atoms with Gasteiger partial charge < -0.3 is 24.6 Å². The average Bonchev–Trinajstić information content (AvgIpc) is 2.88. The Labute approximate surface area is 199 Å².